The van der Waals surface area contributed by atoms with Crippen LogP contribution in [0.4, 0.5) is 23.7 Å². The molecule has 2 amide bonds. The molecule has 2 saturated heterocycles. The Labute approximate surface area is 144 Å². The van der Waals surface area contributed by atoms with Crippen molar-refractivity contribution in [3.63, 3.8) is 0 Å². The number of amides is 2. The maximum atomic E-state index is 12.3. The van der Waals surface area contributed by atoms with Crippen LogP contribution in [0.25, 0.3) is 0 Å². The topological polar surface area (TPSA) is 53.6 Å². The minimum atomic E-state index is -4.72. The number of piperidine rings is 1. The Morgan fingerprint density at radius 2 is 1.84 bits per heavy atom. The summed E-state index contributed by atoms with van der Waals surface area (Å²) in [6, 6.07) is 5.51. The number of rotatable bonds is 3. The third-order valence-corrected chi connectivity index (χ3v) is 4.83. The Balaban J connectivity index is 1.47. The molecule has 1 unspecified atom stereocenters. The van der Waals surface area contributed by atoms with E-state index in [0.717, 1.165) is 19.4 Å². The number of hydrogen-bond acceptors (Lipinski definition) is 3. The van der Waals surface area contributed by atoms with Crippen molar-refractivity contribution in [3.05, 3.63) is 24.3 Å². The van der Waals surface area contributed by atoms with Crippen LogP contribution in [0.2, 0.25) is 0 Å². The van der Waals surface area contributed by atoms with Gasteiger partial charge < -0.3 is 20.3 Å². The van der Waals surface area contributed by atoms with Gasteiger partial charge in [-0.25, -0.2) is 4.79 Å². The fourth-order valence-corrected chi connectivity index (χ4v) is 3.56. The van der Waals surface area contributed by atoms with Crippen LogP contribution in [0, 0.1) is 5.92 Å². The lowest BCUT2D eigenvalue weighted by molar-refractivity contribution is -0.274. The number of benzene rings is 1. The van der Waals surface area contributed by atoms with E-state index in [1.54, 1.807) is 4.90 Å². The third kappa shape index (κ3) is 5.01. The van der Waals surface area contributed by atoms with Gasteiger partial charge in [-0.15, -0.1) is 13.2 Å². The SMILES string of the molecule is O=C(Nc1ccc(OC(F)(F)F)cc1)N1CCC(C2CCCN2)CC1. The minimum absolute atomic E-state index is 0.220. The average Bonchev–Trinajstić information content (AvgIpc) is 3.10. The van der Waals surface area contributed by atoms with Gasteiger partial charge >= 0.3 is 12.4 Å². The second-order valence-electron chi connectivity index (χ2n) is 6.53. The predicted octanol–water partition coefficient (Wildman–Crippen LogP) is 3.58. The average molecular weight is 357 g/mol. The van der Waals surface area contributed by atoms with Gasteiger partial charge in [0.2, 0.25) is 0 Å². The van der Waals surface area contributed by atoms with Gasteiger partial charge in [0, 0.05) is 24.8 Å². The first kappa shape index (κ1) is 17.8. The summed E-state index contributed by atoms with van der Waals surface area (Å²) in [5.41, 5.74) is 0.444. The number of anilines is 1. The van der Waals surface area contributed by atoms with Crippen molar-refractivity contribution in [2.24, 2.45) is 5.92 Å². The molecule has 2 aliphatic rings. The lowest BCUT2D eigenvalue weighted by Gasteiger charge is -2.34. The second kappa shape index (κ2) is 7.51. The normalized spacial score (nSPS) is 22.0. The van der Waals surface area contributed by atoms with Gasteiger partial charge in [-0.2, -0.15) is 0 Å². The third-order valence-electron chi connectivity index (χ3n) is 4.83. The van der Waals surface area contributed by atoms with E-state index in [1.165, 1.54) is 37.1 Å². The molecule has 1 aromatic rings. The molecule has 2 N–H and O–H groups in total. The number of nitrogens with zero attached hydrogens (tertiary/aromatic N) is 1. The van der Waals surface area contributed by atoms with Crippen molar-refractivity contribution in [1.82, 2.24) is 10.2 Å². The first-order chi connectivity index (χ1) is 11.9. The maximum absolute atomic E-state index is 12.3. The summed E-state index contributed by atoms with van der Waals surface area (Å²) in [5.74, 6) is 0.306. The highest BCUT2D eigenvalue weighted by molar-refractivity contribution is 5.89. The minimum Gasteiger partial charge on any atom is -0.406 e. The van der Waals surface area contributed by atoms with Gasteiger partial charge in [0.05, 0.1) is 0 Å². The van der Waals surface area contributed by atoms with Gasteiger partial charge in [0.25, 0.3) is 0 Å². The van der Waals surface area contributed by atoms with E-state index < -0.39 is 6.36 Å². The molecule has 25 heavy (non-hydrogen) atoms. The number of nitrogens with one attached hydrogen (secondary N) is 2. The molecule has 0 spiro atoms. The molecule has 8 heteroatoms. The highest BCUT2D eigenvalue weighted by Gasteiger charge is 2.31. The molecular weight excluding hydrogens is 335 g/mol. The van der Waals surface area contributed by atoms with E-state index in [1.807, 2.05) is 0 Å². The summed E-state index contributed by atoms with van der Waals surface area (Å²) in [4.78, 5) is 14.1. The Morgan fingerprint density at radius 3 is 2.40 bits per heavy atom. The van der Waals surface area contributed by atoms with Crippen molar-refractivity contribution in [1.29, 1.82) is 0 Å². The number of carbonyl (C=O) groups is 1. The van der Waals surface area contributed by atoms with Gasteiger partial charge in [-0.1, -0.05) is 0 Å². The maximum Gasteiger partial charge on any atom is 0.573 e. The zero-order chi connectivity index (χ0) is 17.9. The van der Waals surface area contributed by atoms with Gasteiger partial charge in [0.1, 0.15) is 5.75 Å². The molecule has 1 atom stereocenters. The molecule has 0 bridgehead atoms. The Kier molecular flexibility index (Phi) is 5.36. The quantitative estimate of drug-likeness (QED) is 0.869. The second-order valence-corrected chi connectivity index (χ2v) is 6.53. The smallest absolute Gasteiger partial charge is 0.406 e. The summed E-state index contributed by atoms with van der Waals surface area (Å²) in [5, 5.41) is 6.24. The number of hydrogen-bond donors (Lipinski definition) is 2. The van der Waals surface area contributed by atoms with Gasteiger partial charge in [-0.3, -0.25) is 0 Å². The van der Waals surface area contributed by atoms with Gasteiger partial charge in [0.15, 0.2) is 0 Å². The molecule has 3 rings (SSSR count). The molecule has 2 aliphatic heterocycles. The lowest BCUT2D eigenvalue weighted by atomic mass is 9.89. The van der Waals surface area contributed by atoms with Crippen molar-refractivity contribution in [2.45, 2.75) is 38.1 Å². The molecule has 2 fully saturated rings. The van der Waals surface area contributed by atoms with E-state index in [4.69, 9.17) is 0 Å². The van der Waals surface area contributed by atoms with Crippen molar-refractivity contribution < 1.29 is 22.7 Å². The molecule has 5 nitrogen and oxygen atoms in total. The summed E-state index contributed by atoms with van der Waals surface area (Å²) in [6.45, 7) is 2.48. The van der Waals surface area contributed by atoms with E-state index in [2.05, 4.69) is 15.4 Å². The summed E-state index contributed by atoms with van der Waals surface area (Å²) < 4.78 is 40.2. The van der Waals surface area contributed by atoms with E-state index in [-0.39, 0.29) is 11.8 Å². The Morgan fingerprint density at radius 1 is 1.16 bits per heavy atom. The molecule has 2 heterocycles. The van der Waals surface area contributed by atoms with E-state index >= 15 is 0 Å². The van der Waals surface area contributed by atoms with Gasteiger partial charge in [-0.05, 0) is 62.4 Å². The van der Waals surface area contributed by atoms with Crippen LogP contribution in [0.5, 0.6) is 5.75 Å². The van der Waals surface area contributed by atoms with Crippen LogP contribution < -0.4 is 15.4 Å². The number of alkyl halides is 3. The fraction of sp³-hybridized carbons (Fsp3) is 0.588. The highest BCUT2D eigenvalue weighted by atomic mass is 19.4. The Bertz CT molecular complexity index is 578. The van der Waals surface area contributed by atoms with Crippen LogP contribution in [0.15, 0.2) is 24.3 Å². The van der Waals surface area contributed by atoms with Crippen LogP contribution in [0.3, 0.4) is 0 Å². The summed E-state index contributed by atoms with van der Waals surface area (Å²) in [6.07, 6.45) is -0.335. The zero-order valence-corrected chi connectivity index (χ0v) is 13.8. The zero-order valence-electron chi connectivity index (χ0n) is 13.8. The number of likely N-dealkylation sites (tertiary alicyclic amines) is 1. The van der Waals surface area contributed by atoms with Crippen molar-refractivity contribution in [2.75, 3.05) is 25.0 Å². The van der Waals surface area contributed by atoms with E-state index in [9.17, 15) is 18.0 Å². The summed E-state index contributed by atoms with van der Waals surface area (Å²) >= 11 is 0. The number of ether oxygens (including phenoxy) is 1. The standard InChI is InChI=1S/C17H22F3N3O2/c18-17(19,20)25-14-5-3-13(4-6-14)22-16(24)23-10-7-12(8-11-23)15-2-1-9-21-15/h3-6,12,15,21H,1-2,7-11H2,(H,22,24). The molecule has 0 radical (unpaired) electrons. The van der Waals surface area contributed by atoms with Crippen molar-refractivity contribution >= 4 is 11.7 Å². The molecule has 0 saturated carbocycles. The van der Waals surface area contributed by atoms with E-state index in [0.29, 0.717) is 30.7 Å². The first-order valence-corrected chi connectivity index (χ1v) is 8.56. The lowest BCUT2D eigenvalue weighted by Crippen LogP contribution is -2.44. The van der Waals surface area contributed by atoms with Crippen LogP contribution >= 0.6 is 0 Å². The molecular formula is C17H22F3N3O2. The monoisotopic (exact) mass is 357 g/mol. The van der Waals surface area contributed by atoms with Crippen LogP contribution in [-0.2, 0) is 0 Å². The number of urea groups is 1. The molecule has 1 aromatic carbocycles. The highest BCUT2D eigenvalue weighted by Crippen LogP contribution is 2.27. The number of carbonyl (C=O) groups excluding carboxylic acids is 1. The summed E-state index contributed by atoms with van der Waals surface area (Å²) in [7, 11) is 0. The largest absolute Gasteiger partial charge is 0.573 e. The Hall–Kier alpha value is -1.96. The fourth-order valence-electron chi connectivity index (χ4n) is 3.56. The van der Waals surface area contributed by atoms with Crippen LogP contribution in [0.1, 0.15) is 25.7 Å². The van der Waals surface area contributed by atoms with Crippen molar-refractivity contribution in [3.8, 4) is 5.75 Å². The predicted molar refractivity (Wildman–Crippen MR) is 87.5 cm³/mol. The molecule has 0 aromatic heterocycles. The molecule has 0 aliphatic carbocycles. The number of halogens is 3. The first-order valence-electron chi connectivity index (χ1n) is 8.56. The van der Waals surface area contributed by atoms with Crippen LogP contribution in [-0.4, -0.2) is 43.0 Å². The molecule has 138 valence electrons.